The second-order valence-electron chi connectivity index (χ2n) is 5.55. The molecule has 0 bridgehead atoms. The molecule has 0 radical (unpaired) electrons. The topological polar surface area (TPSA) is 32.5 Å². The zero-order valence-corrected chi connectivity index (χ0v) is 12.6. The first-order valence-corrected chi connectivity index (χ1v) is 6.96. The number of hydrogen-bond donors (Lipinski definition) is 1. The highest BCUT2D eigenvalue weighted by atomic mass is 15.2. The molecule has 0 saturated carbocycles. The van der Waals surface area contributed by atoms with Crippen LogP contribution in [-0.2, 0) is 0 Å². The van der Waals surface area contributed by atoms with Gasteiger partial charge in [0.2, 0.25) is 0 Å². The van der Waals surface area contributed by atoms with Gasteiger partial charge in [-0.1, -0.05) is 12.2 Å². The van der Waals surface area contributed by atoms with Crippen molar-refractivity contribution in [3.63, 3.8) is 0 Å². The van der Waals surface area contributed by atoms with E-state index in [2.05, 4.69) is 43.8 Å². The van der Waals surface area contributed by atoms with Gasteiger partial charge in [-0.05, 0) is 53.3 Å². The van der Waals surface area contributed by atoms with Gasteiger partial charge in [0.15, 0.2) is 0 Å². The fraction of sp³-hybridized carbons (Fsp3) is 0.733. The van der Waals surface area contributed by atoms with Crippen LogP contribution in [0.15, 0.2) is 23.4 Å². The Morgan fingerprint density at radius 2 is 1.89 bits per heavy atom. The van der Waals surface area contributed by atoms with Crippen molar-refractivity contribution in [2.75, 3.05) is 27.2 Å². The zero-order chi connectivity index (χ0) is 13.7. The van der Waals surface area contributed by atoms with E-state index in [0.29, 0.717) is 6.04 Å². The van der Waals surface area contributed by atoms with Crippen molar-refractivity contribution >= 4 is 0 Å². The molecule has 0 aromatic heterocycles. The van der Waals surface area contributed by atoms with Crippen molar-refractivity contribution in [1.82, 2.24) is 9.80 Å². The molecule has 0 aromatic rings. The van der Waals surface area contributed by atoms with Crippen molar-refractivity contribution < 1.29 is 0 Å². The van der Waals surface area contributed by atoms with Crippen LogP contribution in [0.4, 0.5) is 0 Å². The second-order valence-corrected chi connectivity index (χ2v) is 5.55. The first-order valence-electron chi connectivity index (χ1n) is 6.96. The number of nitrogens with zero attached hydrogens (tertiary/aromatic N) is 2. The summed E-state index contributed by atoms with van der Waals surface area (Å²) in [6.07, 6.45) is 6.63. The number of hydrogen-bond acceptors (Lipinski definition) is 3. The SMILES string of the molecule is C/C=C\C(C)=C(/N)C(C)N1CCC(N(C)C)CC1. The molecule has 0 spiro atoms. The molecular weight excluding hydrogens is 222 g/mol. The van der Waals surface area contributed by atoms with Crippen molar-refractivity contribution in [2.45, 2.75) is 45.7 Å². The minimum absolute atomic E-state index is 0.351. The minimum Gasteiger partial charge on any atom is -0.401 e. The maximum absolute atomic E-state index is 6.25. The molecule has 1 atom stereocenters. The van der Waals surface area contributed by atoms with Crippen LogP contribution >= 0.6 is 0 Å². The van der Waals surface area contributed by atoms with Crippen LogP contribution in [0.25, 0.3) is 0 Å². The predicted molar refractivity (Wildman–Crippen MR) is 79.4 cm³/mol. The highest BCUT2D eigenvalue weighted by Gasteiger charge is 2.25. The van der Waals surface area contributed by atoms with E-state index in [9.17, 15) is 0 Å². The van der Waals surface area contributed by atoms with E-state index in [4.69, 9.17) is 5.73 Å². The summed E-state index contributed by atoms with van der Waals surface area (Å²) in [6, 6.07) is 1.08. The summed E-state index contributed by atoms with van der Waals surface area (Å²) >= 11 is 0. The summed E-state index contributed by atoms with van der Waals surface area (Å²) in [4.78, 5) is 4.84. The molecule has 1 unspecified atom stereocenters. The van der Waals surface area contributed by atoms with E-state index in [1.165, 1.54) is 18.4 Å². The van der Waals surface area contributed by atoms with E-state index in [-0.39, 0.29) is 0 Å². The van der Waals surface area contributed by atoms with Crippen LogP contribution < -0.4 is 5.73 Å². The summed E-state index contributed by atoms with van der Waals surface area (Å²) in [5.41, 5.74) is 8.45. The number of likely N-dealkylation sites (tertiary alicyclic amines) is 1. The average molecular weight is 251 g/mol. The van der Waals surface area contributed by atoms with Crippen molar-refractivity contribution in [2.24, 2.45) is 5.73 Å². The summed E-state index contributed by atoms with van der Waals surface area (Å²) in [5.74, 6) is 0. The Bertz CT molecular complexity index is 310. The normalized spacial score (nSPS) is 22.6. The Balaban J connectivity index is 2.60. The lowest BCUT2D eigenvalue weighted by atomic mass is 10.0. The molecule has 0 aromatic carbocycles. The van der Waals surface area contributed by atoms with E-state index < -0.39 is 0 Å². The molecule has 1 heterocycles. The molecule has 1 aliphatic rings. The molecule has 0 amide bonds. The fourth-order valence-electron chi connectivity index (χ4n) is 2.66. The lowest BCUT2D eigenvalue weighted by molar-refractivity contribution is 0.125. The lowest BCUT2D eigenvalue weighted by Crippen LogP contribution is -2.47. The van der Waals surface area contributed by atoms with Gasteiger partial charge >= 0.3 is 0 Å². The van der Waals surface area contributed by atoms with Gasteiger partial charge in [-0.15, -0.1) is 0 Å². The predicted octanol–water partition coefficient (Wildman–Crippen LogP) is 2.21. The van der Waals surface area contributed by atoms with Gasteiger partial charge in [0.1, 0.15) is 0 Å². The smallest absolute Gasteiger partial charge is 0.0467 e. The third-order valence-corrected chi connectivity index (χ3v) is 4.10. The average Bonchev–Trinajstić information content (AvgIpc) is 2.37. The standard InChI is InChI=1S/C15H29N3/c1-6-7-12(2)15(16)13(3)18-10-8-14(9-11-18)17(4)5/h6-7,13-14H,8-11,16H2,1-5H3/b7-6-,15-12-. The first-order chi connectivity index (χ1) is 8.47. The second kappa shape index (κ2) is 6.95. The molecule has 1 aliphatic heterocycles. The molecule has 2 N–H and O–H groups in total. The van der Waals surface area contributed by atoms with Gasteiger partial charge in [0.05, 0.1) is 0 Å². The Morgan fingerprint density at radius 1 is 1.33 bits per heavy atom. The van der Waals surface area contributed by atoms with Gasteiger partial charge < -0.3 is 10.6 Å². The van der Waals surface area contributed by atoms with Gasteiger partial charge in [0, 0.05) is 30.9 Å². The highest BCUT2D eigenvalue weighted by molar-refractivity contribution is 5.24. The van der Waals surface area contributed by atoms with Gasteiger partial charge in [-0.3, -0.25) is 4.90 Å². The molecule has 18 heavy (non-hydrogen) atoms. The minimum atomic E-state index is 0.351. The Hall–Kier alpha value is -0.800. The number of rotatable bonds is 4. The summed E-state index contributed by atoms with van der Waals surface area (Å²) in [5, 5.41) is 0. The molecule has 1 saturated heterocycles. The van der Waals surface area contributed by atoms with Gasteiger partial charge in [-0.2, -0.15) is 0 Å². The Kier molecular flexibility index (Phi) is 5.89. The number of piperidine rings is 1. The third-order valence-electron chi connectivity index (χ3n) is 4.10. The monoisotopic (exact) mass is 251 g/mol. The molecular formula is C15H29N3. The zero-order valence-electron chi connectivity index (χ0n) is 12.6. The molecule has 1 fully saturated rings. The summed E-state index contributed by atoms with van der Waals surface area (Å²) in [6.45, 7) is 8.64. The van der Waals surface area contributed by atoms with E-state index in [1.54, 1.807) is 0 Å². The number of nitrogens with two attached hydrogens (primary N) is 1. The summed E-state index contributed by atoms with van der Waals surface area (Å²) < 4.78 is 0. The van der Waals surface area contributed by atoms with Crippen LogP contribution in [-0.4, -0.2) is 49.1 Å². The fourth-order valence-corrected chi connectivity index (χ4v) is 2.66. The van der Waals surface area contributed by atoms with Crippen LogP contribution in [0, 0.1) is 0 Å². The van der Waals surface area contributed by atoms with Crippen molar-refractivity contribution in [3.05, 3.63) is 23.4 Å². The van der Waals surface area contributed by atoms with Crippen LogP contribution in [0.2, 0.25) is 0 Å². The third kappa shape index (κ3) is 3.85. The molecule has 3 nitrogen and oxygen atoms in total. The Morgan fingerprint density at radius 3 is 2.33 bits per heavy atom. The van der Waals surface area contributed by atoms with Crippen LogP contribution in [0.1, 0.15) is 33.6 Å². The van der Waals surface area contributed by atoms with E-state index in [1.807, 2.05) is 13.0 Å². The van der Waals surface area contributed by atoms with Crippen molar-refractivity contribution in [1.29, 1.82) is 0 Å². The van der Waals surface area contributed by atoms with Gasteiger partial charge in [0.25, 0.3) is 0 Å². The number of allylic oxidation sites excluding steroid dienone is 3. The maximum atomic E-state index is 6.25. The van der Waals surface area contributed by atoms with Gasteiger partial charge in [-0.25, -0.2) is 0 Å². The first kappa shape index (κ1) is 15.3. The molecule has 3 heteroatoms. The van der Waals surface area contributed by atoms with E-state index in [0.717, 1.165) is 24.8 Å². The maximum Gasteiger partial charge on any atom is 0.0467 e. The quantitative estimate of drug-likeness (QED) is 0.778. The Labute approximate surface area is 112 Å². The molecule has 104 valence electrons. The van der Waals surface area contributed by atoms with Crippen LogP contribution in [0.5, 0.6) is 0 Å². The summed E-state index contributed by atoms with van der Waals surface area (Å²) in [7, 11) is 4.35. The van der Waals surface area contributed by atoms with Crippen molar-refractivity contribution in [3.8, 4) is 0 Å². The lowest BCUT2D eigenvalue weighted by Gasteiger charge is -2.38. The molecule has 0 aliphatic carbocycles. The molecule has 1 rings (SSSR count). The van der Waals surface area contributed by atoms with E-state index >= 15 is 0 Å². The van der Waals surface area contributed by atoms with Crippen LogP contribution in [0.3, 0.4) is 0 Å². The largest absolute Gasteiger partial charge is 0.401 e. The highest BCUT2D eigenvalue weighted by Crippen LogP contribution is 2.19.